The number of fused-ring (bicyclic) bond motifs is 1. The molecule has 146 valence electrons. The van der Waals surface area contributed by atoms with Gasteiger partial charge < -0.3 is 15.4 Å². The Morgan fingerprint density at radius 2 is 1.96 bits per heavy atom. The molecule has 0 radical (unpaired) electrons. The van der Waals surface area contributed by atoms with Gasteiger partial charge in [-0.15, -0.1) is 0 Å². The zero-order chi connectivity index (χ0) is 19.9. The Hall–Kier alpha value is -3.22. The summed E-state index contributed by atoms with van der Waals surface area (Å²) in [5, 5.41) is 7.49. The Kier molecular flexibility index (Phi) is 6.37. The summed E-state index contributed by atoms with van der Waals surface area (Å²) in [4.78, 5) is 16.5. The normalized spacial score (nSPS) is 11.8. The molecule has 5 nitrogen and oxygen atoms in total. The molecule has 3 aromatic rings. The second-order valence-corrected chi connectivity index (χ2v) is 6.40. The van der Waals surface area contributed by atoms with Crippen LogP contribution in [0.4, 0.5) is 19.3 Å². The van der Waals surface area contributed by atoms with E-state index in [1.165, 1.54) is 0 Å². The van der Waals surface area contributed by atoms with Gasteiger partial charge in [0.15, 0.2) is 0 Å². The number of hydrogen-bond acceptors (Lipinski definition) is 3. The monoisotopic (exact) mass is 385 g/mol. The first-order valence-electron chi connectivity index (χ1n) is 9.04. The molecule has 7 heteroatoms. The summed E-state index contributed by atoms with van der Waals surface area (Å²) in [5.74, 6) is -1.33. The van der Waals surface area contributed by atoms with Crippen molar-refractivity contribution in [1.82, 2.24) is 10.3 Å². The van der Waals surface area contributed by atoms with Crippen LogP contribution in [0.3, 0.4) is 0 Å². The molecule has 0 spiro atoms. The minimum atomic E-state index is -0.710. The number of hydrogen-bond donors (Lipinski definition) is 2. The smallest absolute Gasteiger partial charge is 0.319 e. The van der Waals surface area contributed by atoms with E-state index in [0.717, 1.165) is 35.4 Å². The number of rotatable bonds is 7. The van der Waals surface area contributed by atoms with Crippen LogP contribution in [0, 0.1) is 11.6 Å². The third kappa shape index (κ3) is 5.16. The third-order valence-electron chi connectivity index (χ3n) is 4.19. The predicted octanol–water partition coefficient (Wildman–Crippen LogP) is 4.88. The van der Waals surface area contributed by atoms with Crippen molar-refractivity contribution in [3.05, 3.63) is 66.5 Å². The molecule has 0 saturated heterocycles. The minimum absolute atomic E-state index is 0.0855. The lowest BCUT2D eigenvalue weighted by Gasteiger charge is -2.19. The lowest BCUT2D eigenvalue weighted by molar-refractivity contribution is 0.229. The van der Waals surface area contributed by atoms with E-state index >= 15 is 0 Å². The molecule has 0 saturated carbocycles. The summed E-state index contributed by atoms with van der Waals surface area (Å²) >= 11 is 0. The average molecular weight is 385 g/mol. The number of aromatic nitrogens is 1. The SMILES string of the molecule is CCC[C@@H](COc1cc(F)cc(F)c1)NC(=O)Nc1cccc2cnccc12. The van der Waals surface area contributed by atoms with Crippen molar-refractivity contribution in [2.45, 2.75) is 25.8 Å². The lowest BCUT2D eigenvalue weighted by Crippen LogP contribution is -2.41. The van der Waals surface area contributed by atoms with Crippen molar-refractivity contribution in [2.75, 3.05) is 11.9 Å². The van der Waals surface area contributed by atoms with Gasteiger partial charge in [-0.1, -0.05) is 25.5 Å². The van der Waals surface area contributed by atoms with Gasteiger partial charge in [0.25, 0.3) is 0 Å². The van der Waals surface area contributed by atoms with Gasteiger partial charge in [0.2, 0.25) is 0 Å². The third-order valence-corrected chi connectivity index (χ3v) is 4.19. The number of nitrogens with one attached hydrogen (secondary N) is 2. The van der Waals surface area contributed by atoms with E-state index in [9.17, 15) is 13.6 Å². The Bertz CT molecular complexity index is 940. The zero-order valence-corrected chi connectivity index (χ0v) is 15.4. The van der Waals surface area contributed by atoms with E-state index in [0.29, 0.717) is 12.1 Å². The van der Waals surface area contributed by atoms with Crippen molar-refractivity contribution in [3.8, 4) is 5.75 Å². The van der Waals surface area contributed by atoms with E-state index in [4.69, 9.17) is 4.74 Å². The summed E-state index contributed by atoms with van der Waals surface area (Å²) in [7, 11) is 0. The van der Waals surface area contributed by atoms with Gasteiger partial charge in [0, 0.05) is 41.4 Å². The van der Waals surface area contributed by atoms with Gasteiger partial charge in [-0.25, -0.2) is 13.6 Å². The highest BCUT2D eigenvalue weighted by Crippen LogP contribution is 2.22. The van der Waals surface area contributed by atoms with E-state index in [2.05, 4.69) is 15.6 Å². The summed E-state index contributed by atoms with van der Waals surface area (Å²) in [5.41, 5.74) is 0.667. The molecule has 2 N–H and O–H groups in total. The number of urea groups is 1. The highest BCUT2D eigenvalue weighted by molar-refractivity contribution is 6.01. The number of pyridine rings is 1. The van der Waals surface area contributed by atoms with Crippen LogP contribution in [0.15, 0.2) is 54.9 Å². The Balaban J connectivity index is 1.63. The molecule has 1 atom stereocenters. The standard InChI is InChI=1S/C21H21F2N3O2/c1-2-4-17(13-28-18-10-15(22)9-16(23)11-18)25-21(27)26-20-6-3-5-14-12-24-8-7-19(14)20/h3,5-12,17H,2,4,13H2,1H3,(H2,25,26,27)/t17-/m0/s1. The van der Waals surface area contributed by atoms with Gasteiger partial charge in [-0.05, 0) is 18.6 Å². The van der Waals surface area contributed by atoms with E-state index in [-0.39, 0.29) is 24.4 Å². The molecule has 28 heavy (non-hydrogen) atoms. The molecule has 0 aliphatic rings. The predicted molar refractivity (Wildman–Crippen MR) is 104 cm³/mol. The number of amides is 2. The number of carbonyl (C=O) groups is 1. The topological polar surface area (TPSA) is 63.2 Å². The summed E-state index contributed by atoms with van der Waals surface area (Å²) in [6.07, 6.45) is 4.86. The molecule has 2 aromatic carbocycles. The molecule has 3 rings (SSSR count). The molecular formula is C21H21F2N3O2. The summed E-state index contributed by atoms with van der Waals surface area (Å²) < 4.78 is 32.0. The summed E-state index contributed by atoms with van der Waals surface area (Å²) in [6.45, 7) is 2.08. The van der Waals surface area contributed by atoms with E-state index in [1.54, 1.807) is 12.4 Å². The van der Waals surface area contributed by atoms with Crippen LogP contribution in [0.5, 0.6) is 5.75 Å². The van der Waals surface area contributed by atoms with Crippen molar-refractivity contribution in [3.63, 3.8) is 0 Å². The maximum Gasteiger partial charge on any atom is 0.319 e. The number of halogens is 2. The zero-order valence-electron chi connectivity index (χ0n) is 15.4. The van der Waals surface area contributed by atoms with Crippen LogP contribution in [-0.2, 0) is 0 Å². The van der Waals surface area contributed by atoms with Crippen LogP contribution in [0.2, 0.25) is 0 Å². The molecule has 0 bridgehead atoms. The first kappa shape index (κ1) is 19.5. The first-order valence-corrected chi connectivity index (χ1v) is 9.04. The molecule has 1 aromatic heterocycles. The number of anilines is 1. The molecule has 0 aliphatic carbocycles. The number of benzene rings is 2. The molecule has 0 aliphatic heterocycles. The van der Waals surface area contributed by atoms with Crippen molar-refractivity contribution in [2.24, 2.45) is 0 Å². The molecule has 2 amide bonds. The number of nitrogens with zero attached hydrogens (tertiary/aromatic N) is 1. The van der Waals surface area contributed by atoms with Crippen molar-refractivity contribution >= 4 is 22.5 Å². The molecule has 1 heterocycles. The maximum absolute atomic E-state index is 13.3. The van der Waals surface area contributed by atoms with E-state index in [1.807, 2.05) is 31.2 Å². The van der Waals surface area contributed by atoms with Gasteiger partial charge >= 0.3 is 6.03 Å². The molecule has 0 fully saturated rings. The Labute approximate surface area is 161 Å². The van der Waals surface area contributed by atoms with Gasteiger partial charge in [0.05, 0.1) is 11.7 Å². The van der Waals surface area contributed by atoms with Gasteiger partial charge in [0.1, 0.15) is 24.0 Å². The number of ether oxygens (including phenoxy) is 1. The van der Waals surface area contributed by atoms with Gasteiger partial charge in [-0.2, -0.15) is 0 Å². The lowest BCUT2D eigenvalue weighted by atomic mass is 10.1. The fraction of sp³-hybridized carbons (Fsp3) is 0.238. The fourth-order valence-electron chi connectivity index (χ4n) is 2.93. The second-order valence-electron chi connectivity index (χ2n) is 6.40. The maximum atomic E-state index is 13.3. The quantitative estimate of drug-likeness (QED) is 0.609. The van der Waals surface area contributed by atoms with E-state index < -0.39 is 11.6 Å². The van der Waals surface area contributed by atoms with Crippen molar-refractivity contribution in [1.29, 1.82) is 0 Å². The van der Waals surface area contributed by atoms with Crippen LogP contribution in [0.25, 0.3) is 10.8 Å². The molecular weight excluding hydrogens is 364 g/mol. The van der Waals surface area contributed by atoms with Crippen LogP contribution in [-0.4, -0.2) is 23.7 Å². The fourth-order valence-corrected chi connectivity index (χ4v) is 2.93. The number of carbonyl (C=O) groups excluding carboxylic acids is 1. The largest absolute Gasteiger partial charge is 0.491 e. The van der Waals surface area contributed by atoms with Gasteiger partial charge in [-0.3, -0.25) is 4.98 Å². The second kappa shape index (κ2) is 9.12. The van der Waals surface area contributed by atoms with Crippen LogP contribution in [0.1, 0.15) is 19.8 Å². The van der Waals surface area contributed by atoms with Crippen LogP contribution < -0.4 is 15.4 Å². The Morgan fingerprint density at radius 3 is 2.71 bits per heavy atom. The first-order chi connectivity index (χ1) is 13.5. The summed E-state index contributed by atoms with van der Waals surface area (Å²) in [6, 6.07) is 9.69. The highest BCUT2D eigenvalue weighted by Gasteiger charge is 2.14. The average Bonchev–Trinajstić information content (AvgIpc) is 2.66. The molecule has 0 unspecified atom stereocenters. The Morgan fingerprint density at radius 1 is 1.18 bits per heavy atom. The van der Waals surface area contributed by atoms with Crippen LogP contribution >= 0.6 is 0 Å². The minimum Gasteiger partial charge on any atom is -0.491 e. The highest BCUT2D eigenvalue weighted by atomic mass is 19.1. The van der Waals surface area contributed by atoms with Crippen molar-refractivity contribution < 1.29 is 18.3 Å².